The van der Waals surface area contributed by atoms with E-state index >= 15 is 0 Å². The lowest BCUT2D eigenvalue weighted by Gasteiger charge is -2.10. The van der Waals surface area contributed by atoms with Gasteiger partial charge < -0.3 is 15.0 Å². The number of hydrogen-bond acceptors (Lipinski definition) is 3. The summed E-state index contributed by atoms with van der Waals surface area (Å²) >= 11 is 0. The minimum absolute atomic E-state index is 0.151. The number of nitrogens with two attached hydrogens (primary N) is 1. The van der Waals surface area contributed by atoms with Gasteiger partial charge in [-0.3, -0.25) is 0 Å². The first-order valence-corrected chi connectivity index (χ1v) is 7.57. The van der Waals surface area contributed by atoms with E-state index in [0.717, 1.165) is 29.2 Å². The molecule has 22 heavy (non-hydrogen) atoms. The van der Waals surface area contributed by atoms with Gasteiger partial charge in [0.05, 0.1) is 23.7 Å². The van der Waals surface area contributed by atoms with Gasteiger partial charge in [-0.25, -0.2) is 4.98 Å². The molecule has 0 amide bonds. The van der Waals surface area contributed by atoms with Crippen LogP contribution in [0.5, 0.6) is 5.75 Å². The van der Waals surface area contributed by atoms with Crippen LogP contribution in [0, 0.1) is 0 Å². The van der Waals surface area contributed by atoms with Crippen molar-refractivity contribution in [2.45, 2.75) is 33.0 Å². The van der Waals surface area contributed by atoms with Gasteiger partial charge in [0.1, 0.15) is 11.6 Å². The number of fused-ring (bicyclic) bond motifs is 1. The first-order chi connectivity index (χ1) is 10.7. The van der Waals surface area contributed by atoms with Crippen LogP contribution in [0.3, 0.4) is 0 Å². The predicted molar refractivity (Wildman–Crippen MR) is 88.9 cm³/mol. The van der Waals surface area contributed by atoms with Gasteiger partial charge in [0, 0.05) is 12.6 Å². The summed E-state index contributed by atoms with van der Waals surface area (Å²) in [6, 6.07) is 16.4. The van der Waals surface area contributed by atoms with Crippen LogP contribution in [-0.2, 0) is 13.1 Å². The molecule has 2 N–H and O–H groups in total. The molecule has 2 aromatic carbocycles. The molecular formula is C18H21N3O. The third kappa shape index (κ3) is 2.97. The van der Waals surface area contributed by atoms with Crippen molar-refractivity contribution in [3.8, 4) is 5.75 Å². The summed E-state index contributed by atoms with van der Waals surface area (Å²) in [5.74, 6) is 1.73. The van der Waals surface area contributed by atoms with E-state index < -0.39 is 0 Å². The normalized spacial score (nSPS) is 11.3. The average molecular weight is 295 g/mol. The maximum atomic E-state index is 5.87. The lowest BCUT2D eigenvalue weighted by molar-refractivity contribution is 0.242. The van der Waals surface area contributed by atoms with Gasteiger partial charge in [-0.2, -0.15) is 0 Å². The first-order valence-electron chi connectivity index (χ1n) is 7.57. The highest BCUT2D eigenvalue weighted by molar-refractivity contribution is 5.78. The maximum Gasteiger partial charge on any atom is 0.123 e. The van der Waals surface area contributed by atoms with Gasteiger partial charge in [-0.15, -0.1) is 0 Å². The third-order valence-corrected chi connectivity index (χ3v) is 3.54. The molecule has 3 aromatic rings. The van der Waals surface area contributed by atoms with E-state index in [0.29, 0.717) is 6.54 Å². The van der Waals surface area contributed by atoms with Crippen molar-refractivity contribution in [3.63, 3.8) is 0 Å². The van der Waals surface area contributed by atoms with Gasteiger partial charge in [-0.05, 0) is 31.5 Å². The topological polar surface area (TPSA) is 53.1 Å². The van der Waals surface area contributed by atoms with Crippen molar-refractivity contribution in [2.24, 2.45) is 5.73 Å². The Balaban J connectivity index is 2.01. The van der Waals surface area contributed by atoms with Gasteiger partial charge in [0.25, 0.3) is 0 Å². The zero-order valence-electron chi connectivity index (χ0n) is 13.0. The number of rotatable bonds is 5. The molecular weight excluding hydrogens is 274 g/mol. The van der Waals surface area contributed by atoms with E-state index in [4.69, 9.17) is 10.5 Å². The van der Waals surface area contributed by atoms with Gasteiger partial charge >= 0.3 is 0 Å². The number of benzene rings is 2. The highest BCUT2D eigenvalue weighted by Crippen LogP contribution is 2.23. The molecule has 0 aliphatic rings. The number of hydrogen-bond donors (Lipinski definition) is 1. The van der Waals surface area contributed by atoms with Crippen molar-refractivity contribution < 1.29 is 4.74 Å². The van der Waals surface area contributed by atoms with E-state index in [1.165, 1.54) is 5.56 Å². The molecule has 0 aliphatic heterocycles. The molecule has 1 heterocycles. The van der Waals surface area contributed by atoms with Crippen LogP contribution in [0.25, 0.3) is 11.0 Å². The summed E-state index contributed by atoms with van der Waals surface area (Å²) in [7, 11) is 0. The Morgan fingerprint density at radius 2 is 1.91 bits per heavy atom. The molecule has 0 atom stereocenters. The van der Waals surface area contributed by atoms with E-state index in [1.807, 2.05) is 44.2 Å². The van der Waals surface area contributed by atoms with Crippen LogP contribution in [0.2, 0.25) is 0 Å². The number of imidazole rings is 1. The zero-order valence-corrected chi connectivity index (χ0v) is 13.0. The molecule has 0 saturated heterocycles. The molecule has 0 fully saturated rings. The van der Waals surface area contributed by atoms with Crippen molar-refractivity contribution in [1.29, 1.82) is 0 Å². The number of aromatic nitrogens is 2. The Labute approximate surface area is 130 Å². The second-order valence-corrected chi connectivity index (χ2v) is 5.62. The van der Waals surface area contributed by atoms with Gasteiger partial charge in [0.15, 0.2) is 0 Å². The summed E-state index contributed by atoms with van der Waals surface area (Å²) in [5.41, 5.74) is 9.12. The summed E-state index contributed by atoms with van der Waals surface area (Å²) in [4.78, 5) is 4.65. The molecule has 0 spiro atoms. The van der Waals surface area contributed by atoms with E-state index in [2.05, 4.69) is 27.8 Å². The first kappa shape index (κ1) is 14.6. The standard InChI is InChI=1S/C18H21N3O/c1-13(2)22-15-8-9-17-16(10-15)20-18(11-19)21(17)12-14-6-4-3-5-7-14/h3-10,13H,11-12,19H2,1-2H3. The Morgan fingerprint density at radius 3 is 2.59 bits per heavy atom. The highest BCUT2D eigenvalue weighted by atomic mass is 16.5. The fourth-order valence-corrected chi connectivity index (χ4v) is 2.60. The van der Waals surface area contributed by atoms with E-state index in [9.17, 15) is 0 Å². The van der Waals surface area contributed by atoms with Crippen molar-refractivity contribution in [2.75, 3.05) is 0 Å². The van der Waals surface area contributed by atoms with Crippen LogP contribution in [0.4, 0.5) is 0 Å². The van der Waals surface area contributed by atoms with Crippen molar-refractivity contribution in [3.05, 3.63) is 59.9 Å². The molecule has 4 nitrogen and oxygen atoms in total. The lowest BCUT2D eigenvalue weighted by Crippen LogP contribution is -2.09. The van der Waals surface area contributed by atoms with Crippen LogP contribution in [-0.4, -0.2) is 15.7 Å². The maximum absolute atomic E-state index is 5.87. The molecule has 0 unspecified atom stereocenters. The average Bonchev–Trinajstić information content (AvgIpc) is 2.85. The Kier molecular flexibility index (Phi) is 4.11. The second kappa shape index (κ2) is 6.20. The quantitative estimate of drug-likeness (QED) is 0.785. The van der Waals surface area contributed by atoms with Crippen LogP contribution < -0.4 is 10.5 Å². The molecule has 0 radical (unpaired) electrons. The fraction of sp³-hybridized carbons (Fsp3) is 0.278. The Morgan fingerprint density at radius 1 is 1.14 bits per heavy atom. The SMILES string of the molecule is CC(C)Oc1ccc2c(c1)nc(CN)n2Cc1ccccc1. The molecule has 0 bridgehead atoms. The lowest BCUT2D eigenvalue weighted by atomic mass is 10.2. The summed E-state index contributed by atoms with van der Waals surface area (Å²) < 4.78 is 7.91. The molecule has 4 heteroatoms. The largest absolute Gasteiger partial charge is 0.491 e. The monoisotopic (exact) mass is 295 g/mol. The van der Waals surface area contributed by atoms with Crippen molar-refractivity contribution >= 4 is 11.0 Å². The molecule has 114 valence electrons. The number of ether oxygens (including phenoxy) is 1. The molecule has 0 aliphatic carbocycles. The minimum Gasteiger partial charge on any atom is -0.491 e. The molecule has 1 aromatic heterocycles. The minimum atomic E-state index is 0.151. The summed E-state index contributed by atoms with van der Waals surface area (Å²) in [5, 5.41) is 0. The van der Waals surface area contributed by atoms with Crippen LogP contribution in [0.1, 0.15) is 25.2 Å². The highest BCUT2D eigenvalue weighted by Gasteiger charge is 2.11. The Hall–Kier alpha value is -2.33. The molecule has 3 rings (SSSR count). The van der Waals surface area contributed by atoms with Gasteiger partial charge in [-0.1, -0.05) is 30.3 Å². The van der Waals surface area contributed by atoms with E-state index in [1.54, 1.807) is 0 Å². The smallest absolute Gasteiger partial charge is 0.123 e. The zero-order chi connectivity index (χ0) is 15.5. The summed E-state index contributed by atoms with van der Waals surface area (Å²) in [6.45, 7) is 5.23. The summed E-state index contributed by atoms with van der Waals surface area (Å²) in [6.07, 6.45) is 0.151. The van der Waals surface area contributed by atoms with E-state index in [-0.39, 0.29) is 6.10 Å². The second-order valence-electron chi connectivity index (χ2n) is 5.62. The number of nitrogens with zero attached hydrogens (tertiary/aromatic N) is 2. The van der Waals surface area contributed by atoms with Crippen LogP contribution in [0.15, 0.2) is 48.5 Å². The van der Waals surface area contributed by atoms with Gasteiger partial charge in [0.2, 0.25) is 0 Å². The van der Waals surface area contributed by atoms with Crippen LogP contribution >= 0.6 is 0 Å². The third-order valence-electron chi connectivity index (χ3n) is 3.54. The molecule has 0 saturated carbocycles. The predicted octanol–water partition coefficient (Wildman–Crippen LogP) is 3.33. The Bertz CT molecular complexity index is 763. The fourth-order valence-electron chi connectivity index (χ4n) is 2.60. The van der Waals surface area contributed by atoms with Crippen molar-refractivity contribution in [1.82, 2.24) is 9.55 Å².